The average Bonchev–Trinajstić information content (AvgIpc) is 2.88. The number of nitrogens with zero attached hydrogens (tertiary/aromatic N) is 1. The van der Waals surface area contributed by atoms with Gasteiger partial charge in [0.2, 0.25) is 16.9 Å². The lowest BCUT2D eigenvalue weighted by Gasteiger charge is -2.17. The molecular formula is C27H35NO6. The summed E-state index contributed by atoms with van der Waals surface area (Å²) in [6.45, 7) is 7.97. The number of rotatable bonds is 13. The quantitative estimate of drug-likeness (QED) is 0.311. The molecule has 1 aromatic heterocycles. The third kappa shape index (κ3) is 5.65. The highest BCUT2D eigenvalue weighted by Crippen LogP contribution is 2.43. The molecule has 0 spiro atoms. The highest BCUT2D eigenvalue weighted by molar-refractivity contribution is 5.82. The minimum Gasteiger partial charge on any atom is -0.493 e. The maximum absolute atomic E-state index is 13.4. The molecular weight excluding hydrogens is 434 g/mol. The van der Waals surface area contributed by atoms with Gasteiger partial charge in [-0.2, -0.15) is 0 Å². The monoisotopic (exact) mass is 469 g/mol. The third-order valence-corrected chi connectivity index (χ3v) is 5.94. The van der Waals surface area contributed by atoms with Crippen molar-refractivity contribution in [2.45, 2.75) is 33.1 Å². The first kappa shape index (κ1) is 25.4. The lowest BCUT2D eigenvalue weighted by Crippen LogP contribution is -2.24. The van der Waals surface area contributed by atoms with E-state index in [0.717, 1.165) is 38.9 Å². The highest BCUT2D eigenvalue weighted by Gasteiger charge is 2.21. The predicted octanol–water partition coefficient (Wildman–Crippen LogP) is 5.38. The van der Waals surface area contributed by atoms with Crippen LogP contribution in [-0.4, -0.2) is 52.5 Å². The Hall–Kier alpha value is -3.19. The average molecular weight is 470 g/mol. The zero-order chi connectivity index (χ0) is 24.5. The maximum Gasteiger partial charge on any atom is 0.235 e. The van der Waals surface area contributed by atoms with E-state index in [1.807, 2.05) is 12.1 Å². The molecule has 0 fully saturated rings. The Morgan fingerprint density at radius 3 is 2.15 bits per heavy atom. The molecule has 7 heteroatoms. The Morgan fingerprint density at radius 1 is 0.853 bits per heavy atom. The topological polar surface area (TPSA) is 70.4 Å². The van der Waals surface area contributed by atoms with Crippen LogP contribution in [0.4, 0.5) is 0 Å². The summed E-state index contributed by atoms with van der Waals surface area (Å²) in [5.41, 5.74) is 0.894. The number of ether oxygens (including phenoxy) is 4. The van der Waals surface area contributed by atoms with Crippen molar-refractivity contribution in [2.24, 2.45) is 0 Å². The van der Waals surface area contributed by atoms with Gasteiger partial charge < -0.3 is 28.3 Å². The van der Waals surface area contributed by atoms with E-state index in [1.165, 1.54) is 0 Å². The van der Waals surface area contributed by atoms with Crippen LogP contribution in [0.25, 0.3) is 22.3 Å². The van der Waals surface area contributed by atoms with Crippen LogP contribution >= 0.6 is 0 Å². The molecule has 3 aromatic rings. The molecule has 3 rings (SSSR count). The lowest BCUT2D eigenvalue weighted by atomic mass is 10.1. The number of unbranched alkanes of at least 4 members (excludes halogenated alkanes) is 2. The van der Waals surface area contributed by atoms with Crippen molar-refractivity contribution in [2.75, 3.05) is 47.6 Å². The van der Waals surface area contributed by atoms with Gasteiger partial charge in [-0.3, -0.25) is 4.79 Å². The van der Waals surface area contributed by atoms with Crippen molar-refractivity contribution in [3.63, 3.8) is 0 Å². The molecule has 0 aliphatic heterocycles. The van der Waals surface area contributed by atoms with Crippen molar-refractivity contribution < 1.29 is 23.4 Å². The molecule has 0 unspecified atom stereocenters. The molecule has 1 heterocycles. The summed E-state index contributed by atoms with van der Waals surface area (Å²) in [5, 5.41) is 0.482. The molecule has 34 heavy (non-hydrogen) atoms. The van der Waals surface area contributed by atoms with E-state index in [0.29, 0.717) is 46.1 Å². The largest absolute Gasteiger partial charge is 0.493 e. The maximum atomic E-state index is 13.4. The molecule has 184 valence electrons. The minimum atomic E-state index is -0.200. The molecule has 2 aromatic carbocycles. The van der Waals surface area contributed by atoms with Gasteiger partial charge >= 0.3 is 0 Å². The summed E-state index contributed by atoms with van der Waals surface area (Å²) in [6.07, 6.45) is 2.97. The second-order valence-electron chi connectivity index (χ2n) is 7.94. The molecule has 0 N–H and O–H groups in total. The van der Waals surface area contributed by atoms with Crippen molar-refractivity contribution in [1.29, 1.82) is 0 Å². The molecule has 0 bridgehead atoms. The molecule has 0 radical (unpaired) electrons. The molecule has 0 atom stereocenters. The zero-order valence-corrected chi connectivity index (χ0v) is 20.8. The van der Waals surface area contributed by atoms with Crippen molar-refractivity contribution >= 4 is 11.0 Å². The van der Waals surface area contributed by atoms with Crippen LogP contribution in [0.1, 0.15) is 33.1 Å². The first-order valence-corrected chi connectivity index (χ1v) is 11.8. The number of benzene rings is 2. The number of methoxy groups -OCH3 is 3. The van der Waals surface area contributed by atoms with E-state index in [4.69, 9.17) is 23.4 Å². The summed E-state index contributed by atoms with van der Waals surface area (Å²) in [7, 11) is 4.64. The van der Waals surface area contributed by atoms with Crippen molar-refractivity contribution in [1.82, 2.24) is 4.90 Å². The standard InChI is InChI=1S/C27H35NO6/c1-6-28(7-2)15-11-8-12-16-33-27-24(29)20-13-9-10-14-21(20)34-25(27)19-17-22(30-3)26(32-5)23(18-19)31-4/h9-10,13-14,17-18H,6-8,11-12,15-16H2,1-5H3. The van der Waals surface area contributed by atoms with E-state index in [2.05, 4.69) is 18.7 Å². The van der Waals surface area contributed by atoms with Crippen LogP contribution in [0.5, 0.6) is 23.0 Å². The van der Waals surface area contributed by atoms with Crippen molar-refractivity contribution in [3.05, 3.63) is 46.6 Å². The van der Waals surface area contributed by atoms with E-state index >= 15 is 0 Å². The van der Waals surface area contributed by atoms with Gasteiger partial charge in [-0.25, -0.2) is 0 Å². The number of fused-ring (bicyclic) bond motifs is 1. The molecule has 0 saturated carbocycles. The van der Waals surface area contributed by atoms with Gasteiger partial charge in [-0.15, -0.1) is 0 Å². The summed E-state index contributed by atoms with van der Waals surface area (Å²) >= 11 is 0. The second kappa shape index (κ2) is 12.3. The van der Waals surface area contributed by atoms with E-state index < -0.39 is 0 Å². The lowest BCUT2D eigenvalue weighted by molar-refractivity contribution is 0.274. The van der Waals surface area contributed by atoms with Gasteiger partial charge in [0, 0.05) is 5.56 Å². The van der Waals surface area contributed by atoms with Gasteiger partial charge in [0.1, 0.15) is 5.58 Å². The van der Waals surface area contributed by atoms with Crippen LogP contribution in [-0.2, 0) is 0 Å². The van der Waals surface area contributed by atoms with Crippen LogP contribution in [0, 0.1) is 0 Å². The van der Waals surface area contributed by atoms with Gasteiger partial charge in [-0.05, 0) is 63.2 Å². The van der Waals surface area contributed by atoms with E-state index in [1.54, 1.807) is 45.6 Å². The van der Waals surface area contributed by atoms with Gasteiger partial charge in [0.25, 0.3) is 0 Å². The molecule has 0 amide bonds. The van der Waals surface area contributed by atoms with Gasteiger partial charge in [-0.1, -0.05) is 26.0 Å². The Labute approximate surface area is 201 Å². The van der Waals surface area contributed by atoms with E-state index in [9.17, 15) is 4.79 Å². The van der Waals surface area contributed by atoms with Crippen LogP contribution in [0.15, 0.2) is 45.6 Å². The van der Waals surface area contributed by atoms with Crippen LogP contribution < -0.4 is 24.4 Å². The number of hydrogen-bond donors (Lipinski definition) is 0. The molecule has 7 nitrogen and oxygen atoms in total. The Balaban J connectivity index is 1.93. The Kier molecular flexibility index (Phi) is 9.22. The summed E-state index contributed by atoms with van der Waals surface area (Å²) in [4.78, 5) is 15.8. The number of hydrogen-bond acceptors (Lipinski definition) is 7. The SMILES string of the molecule is CCN(CC)CCCCCOc1c(-c2cc(OC)c(OC)c(OC)c2)oc2ccccc2c1=O. The Morgan fingerprint density at radius 2 is 1.53 bits per heavy atom. The molecule has 0 aliphatic carbocycles. The molecule has 0 aliphatic rings. The zero-order valence-electron chi connectivity index (χ0n) is 20.8. The van der Waals surface area contributed by atoms with E-state index in [-0.39, 0.29) is 11.2 Å². The normalized spacial score (nSPS) is 11.1. The van der Waals surface area contributed by atoms with Gasteiger partial charge in [0.05, 0.1) is 33.3 Å². The van der Waals surface area contributed by atoms with Crippen molar-refractivity contribution in [3.8, 4) is 34.3 Å². The summed E-state index contributed by atoms with van der Waals surface area (Å²) in [5.74, 6) is 1.93. The van der Waals surface area contributed by atoms with Crippen LogP contribution in [0.3, 0.4) is 0 Å². The second-order valence-corrected chi connectivity index (χ2v) is 7.94. The minimum absolute atomic E-state index is 0.191. The number of para-hydroxylation sites is 1. The summed E-state index contributed by atoms with van der Waals surface area (Å²) < 4.78 is 28.7. The first-order chi connectivity index (χ1) is 16.6. The fourth-order valence-electron chi connectivity index (χ4n) is 3.99. The third-order valence-electron chi connectivity index (χ3n) is 5.94. The summed E-state index contributed by atoms with van der Waals surface area (Å²) in [6, 6.07) is 10.7. The smallest absolute Gasteiger partial charge is 0.235 e. The van der Waals surface area contributed by atoms with Gasteiger partial charge in [0.15, 0.2) is 17.3 Å². The fraction of sp³-hybridized carbons (Fsp3) is 0.444. The molecule has 0 saturated heterocycles. The highest BCUT2D eigenvalue weighted by atomic mass is 16.5. The Bertz CT molecular complexity index is 1110. The van der Waals surface area contributed by atoms with Crippen LogP contribution in [0.2, 0.25) is 0 Å². The first-order valence-electron chi connectivity index (χ1n) is 11.8. The predicted molar refractivity (Wildman–Crippen MR) is 135 cm³/mol. The fourth-order valence-corrected chi connectivity index (χ4v) is 3.99.